The van der Waals surface area contributed by atoms with Crippen LogP contribution in [0.15, 0.2) is 41.3 Å². The first kappa shape index (κ1) is 24.3. The maximum Gasteiger partial charge on any atom is 0.384 e. The highest BCUT2D eigenvalue weighted by Gasteiger charge is 2.61. The third-order valence-corrected chi connectivity index (χ3v) is 7.67. The Bertz CT molecular complexity index is 1420. The monoisotopic (exact) mass is 497 g/mol. The summed E-state index contributed by atoms with van der Waals surface area (Å²) >= 11 is 0. The normalized spacial score (nSPS) is 18.8. The van der Waals surface area contributed by atoms with Crippen LogP contribution < -0.4 is 0 Å². The Morgan fingerprint density at radius 2 is 1.82 bits per heavy atom. The molecule has 5 nitrogen and oxygen atoms in total. The molecule has 10 heteroatoms. The smallest absolute Gasteiger partial charge is 0.384 e. The zero-order valence-electron chi connectivity index (χ0n) is 19.0. The molecule has 0 fully saturated rings. The first-order valence-corrected chi connectivity index (χ1v) is 12.0. The number of ether oxygens (including phenoxy) is 1. The second kappa shape index (κ2) is 7.83. The number of fused-ring (bicyclic) bond motifs is 2. The van der Waals surface area contributed by atoms with Crippen LogP contribution in [0.2, 0.25) is 0 Å². The van der Waals surface area contributed by atoms with E-state index in [-0.39, 0.29) is 13.0 Å². The number of rotatable bonds is 4. The van der Waals surface area contributed by atoms with Gasteiger partial charge in [-0.25, -0.2) is 17.2 Å². The van der Waals surface area contributed by atoms with Gasteiger partial charge < -0.3 is 9.30 Å². The van der Waals surface area contributed by atoms with Crippen molar-refractivity contribution in [2.45, 2.75) is 62.6 Å². The van der Waals surface area contributed by atoms with Crippen LogP contribution in [0.5, 0.6) is 0 Å². The Morgan fingerprint density at radius 1 is 1.15 bits per heavy atom. The van der Waals surface area contributed by atoms with E-state index in [1.54, 1.807) is 32.3 Å². The molecule has 34 heavy (non-hydrogen) atoms. The van der Waals surface area contributed by atoms with Crippen molar-refractivity contribution in [2.75, 3.05) is 0 Å². The van der Waals surface area contributed by atoms with Crippen LogP contribution in [-0.2, 0) is 32.3 Å². The summed E-state index contributed by atoms with van der Waals surface area (Å²) < 4.78 is 87.4. The van der Waals surface area contributed by atoms with Gasteiger partial charge in [0.2, 0.25) is 16.0 Å². The van der Waals surface area contributed by atoms with E-state index in [1.807, 2.05) is 0 Å². The van der Waals surface area contributed by atoms with Gasteiger partial charge in [-0.05, 0) is 69.5 Å². The average Bonchev–Trinajstić information content (AvgIpc) is 3.03. The van der Waals surface area contributed by atoms with E-state index in [0.717, 1.165) is 12.1 Å². The predicted molar refractivity (Wildman–Crippen MR) is 118 cm³/mol. The fourth-order valence-electron chi connectivity index (χ4n) is 4.27. The molecular weight excluding hydrogens is 474 g/mol. The van der Waals surface area contributed by atoms with Crippen molar-refractivity contribution < 1.29 is 35.5 Å². The van der Waals surface area contributed by atoms with Gasteiger partial charge in [0, 0.05) is 22.2 Å². The fraction of sp³-hybridized carbons (Fsp3) is 0.375. The van der Waals surface area contributed by atoms with Crippen molar-refractivity contribution in [3.63, 3.8) is 0 Å². The molecule has 1 aromatic heterocycles. The maximum absolute atomic E-state index is 14.3. The molecule has 0 spiro atoms. The molecule has 2 heterocycles. The zero-order chi connectivity index (χ0) is 25.2. The van der Waals surface area contributed by atoms with Crippen molar-refractivity contribution in [1.29, 1.82) is 0 Å². The van der Waals surface area contributed by atoms with Gasteiger partial charge in [-0.1, -0.05) is 12.1 Å². The second-order valence-electron chi connectivity index (χ2n) is 9.37. The van der Waals surface area contributed by atoms with E-state index in [0.29, 0.717) is 27.7 Å². The lowest BCUT2D eigenvalue weighted by molar-refractivity contribution is -0.155. The number of hydrogen-bond donors (Lipinski definition) is 0. The number of carbonyl (C=O) groups excluding carboxylic acids is 1. The van der Waals surface area contributed by atoms with Crippen LogP contribution in [0.4, 0.5) is 17.6 Å². The summed E-state index contributed by atoms with van der Waals surface area (Å²) in [5.74, 6) is -1.000. The zero-order valence-corrected chi connectivity index (χ0v) is 19.8. The summed E-state index contributed by atoms with van der Waals surface area (Å²) in [6, 6.07) is 7.50. The molecule has 1 aliphatic heterocycles. The molecule has 1 aliphatic rings. The maximum atomic E-state index is 14.3. The molecule has 1 atom stereocenters. The van der Waals surface area contributed by atoms with Crippen LogP contribution >= 0.6 is 0 Å². The molecule has 2 aromatic carbocycles. The van der Waals surface area contributed by atoms with Gasteiger partial charge in [0.25, 0.3) is 0 Å². The molecule has 4 rings (SSSR count). The van der Waals surface area contributed by atoms with E-state index in [4.69, 9.17) is 4.74 Å². The van der Waals surface area contributed by atoms with Crippen molar-refractivity contribution in [3.05, 3.63) is 64.6 Å². The molecule has 0 saturated carbocycles. The lowest BCUT2D eigenvalue weighted by atomic mass is 9.99. The average molecular weight is 498 g/mol. The SMILES string of the molecule is Cc1c(Cc2ccc3c(c2)C(F)C(F)(F)S3(=O)=O)c2cc(F)ccc2n1CC(=O)OC(C)(C)C. The molecule has 0 saturated heterocycles. The minimum Gasteiger partial charge on any atom is -0.459 e. The molecular formula is C24H23F4NO4S. The Morgan fingerprint density at radius 3 is 2.47 bits per heavy atom. The van der Waals surface area contributed by atoms with Crippen LogP contribution in [0.3, 0.4) is 0 Å². The Labute approximate surface area is 194 Å². The standard InChI is InChI=1S/C24H23F4NO4S/c1-13-16(9-14-5-8-20-18(10-14)22(26)24(27,28)34(20,31)32)17-11-15(25)6-7-19(17)29(13)12-21(30)33-23(2,3)4/h5-8,10-11,22H,9,12H2,1-4H3. The first-order valence-electron chi connectivity index (χ1n) is 10.5. The molecule has 0 aliphatic carbocycles. The summed E-state index contributed by atoms with van der Waals surface area (Å²) in [4.78, 5) is 11.7. The predicted octanol–water partition coefficient (Wildman–Crippen LogP) is 5.41. The molecule has 0 bridgehead atoms. The van der Waals surface area contributed by atoms with Gasteiger partial charge in [0.05, 0.1) is 4.90 Å². The number of aromatic nitrogens is 1. The van der Waals surface area contributed by atoms with Crippen LogP contribution in [-0.4, -0.2) is 29.8 Å². The number of carbonyl (C=O) groups is 1. The highest BCUT2D eigenvalue weighted by Crippen LogP contribution is 2.51. The summed E-state index contributed by atoms with van der Waals surface area (Å²) in [5.41, 5.74) is 0.862. The number of nitrogens with zero attached hydrogens (tertiary/aromatic N) is 1. The first-order chi connectivity index (χ1) is 15.6. The largest absolute Gasteiger partial charge is 0.459 e. The number of alkyl halides is 3. The number of halogens is 4. The molecule has 0 radical (unpaired) electrons. The van der Waals surface area contributed by atoms with E-state index >= 15 is 0 Å². The Hall–Kier alpha value is -2.88. The van der Waals surface area contributed by atoms with E-state index in [1.165, 1.54) is 24.3 Å². The summed E-state index contributed by atoms with van der Waals surface area (Å²) in [6.45, 7) is 6.81. The minimum atomic E-state index is -5.11. The van der Waals surface area contributed by atoms with Gasteiger partial charge in [-0.2, -0.15) is 8.78 Å². The van der Waals surface area contributed by atoms with Gasteiger partial charge >= 0.3 is 11.2 Å². The van der Waals surface area contributed by atoms with Crippen LogP contribution in [0.25, 0.3) is 10.9 Å². The Kier molecular flexibility index (Phi) is 5.58. The summed E-state index contributed by atoms with van der Waals surface area (Å²) in [7, 11) is -5.11. The number of hydrogen-bond acceptors (Lipinski definition) is 4. The summed E-state index contributed by atoms with van der Waals surface area (Å²) in [5, 5.41) is -4.03. The Balaban J connectivity index is 1.77. The lowest BCUT2D eigenvalue weighted by Crippen LogP contribution is -2.26. The van der Waals surface area contributed by atoms with Crippen molar-refractivity contribution in [2.24, 2.45) is 0 Å². The van der Waals surface area contributed by atoms with Gasteiger partial charge in [-0.15, -0.1) is 0 Å². The van der Waals surface area contributed by atoms with E-state index in [2.05, 4.69) is 0 Å². The molecule has 0 amide bonds. The number of sulfone groups is 1. The number of esters is 1. The molecule has 1 unspecified atom stereocenters. The third-order valence-electron chi connectivity index (χ3n) is 5.79. The van der Waals surface area contributed by atoms with Crippen LogP contribution in [0, 0.1) is 12.7 Å². The topological polar surface area (TPSA) is 65.4 Å². The second-order valence-corrected chi connectivity index (χ2v) is 11.4. The molecule has 0 N–H and O–H groups in total. The van der Waals surface area contributed by atoms with Crippen molar-refractivity contribution in [1.82, 2.24) is 4.57 Å². The third kappa shape index (κ3) is 3.87. The highest BCUT2D eigenvalue weighted by molar-refractivity contribution is 7.92. The molecule has 3 aromatic rings. The fourth-order valence-corrected chi connectivity index (χ4v) is 5.68. The van der Waals surface area contributed by atoms with Gasteiger partial charge in [0.1, 0.15) is 18.0 Å². The van der Waals surface area contributed by atoms with E-state index in [9.17, 15) is 30.8 Å². The lowest BCUT2D eigenvalue weighted by Gasteiger charge is -2.20. The van der Waals surface area contributed by atoms with E-state index < -0.39 is 49.1 Å². The number of benzene rings is 2. The van der Waals surface area contributed by atoms with Crippen molar-refractivity contribution in [3.8, 4) is 0 Å². The van der Waals surface area contributed by atoms with Gasteiger partial charge in [0.15, 0.2) is 0 Å². The van der Waals surface area contributed by atoms with Crippen LogP contribution in [0.1, 0.15) is 49.3 Å². The summed E-state index contributed by atoms with van der Waals surface area (Å²) in [6.07, 6.45) is -2.89. The quantitative estimate of drug-likeness (QED) is 0.357. The highest BCUT2D eigenvalue weighted by atomic mass is 32.2. The molecule has 182 valence electrons. The van der Waals surface area contributed by atoms with Crippen molar-refractivity contribution >= 4 is 26.7 Å². The van der Waals surface area contributed by atoms with Gasteiger partial charge in [-0.3, -0.25) is 4.79 Å². The minimum absolute atomic E-state index is 0.0821.